The van der Waals surface area contributed by atoms with Crippen LogP contribution in [-0.4, -0.2) is 47.5 Å². The summed E-state index contributed by atoms with van der Waals surface area (Å²) >= 11 is 0. The molecule has 3 aromatic heterocycles. The molecule has 1 fully saturated rings. The number of rotatable bonds is 5. The van der Waals surface area contributed by atoms with Crippen LogP contribution in [0.2, 0.25) is 0 Å². The molecule has 1 saturated carbocycles. The molecule has 4 aromatic rings. The molecule has 8 nitrogen and oxygen atoms in total. The van der Waals surface area contributed by atoms with E-state index in [0.717, 1.165) is 67.1 Å². The Morgan fingerprint density at radius 1 is 1.08 bits per heavy atom. The van der Waals surface area contributed by atoms with Gasteiger partial charge in [0, 0.05) is 54.7 Å². The number of aromatic nitrogens is 5. The number of benzene rings is 1. The lowest BCUT2D eigenvalue weighted by molar-refractivity contribution is -0.138. The van der Waals surface area contributed by atoms with Crippen LogP contribution < -0.4 is 5.32 Å². The maximum atomic E-state index is 13.2. The zero-order valence-corrected chi connectivity index (χ0v) is 21.5. The summed E-state index contributed by atoms with van der Waals surface area (Å²) in [6.45, 7) is 10.4. The predicted octanol–water partition coefficient (Wildman–Crippen LogP) is 4.97. The second-order valence-electron chi connectivity index (χ2n) is 10.4. The molecule has 37 heavy (non-hydrogen) atoms. The van der Waals surface area contributed by atoms with Crippen LogP contribution in [-0.2, 0) is 17.9 Å². The molecule has 1 N–H and O–H groups in total. The molecule has 1 amide bonds. The van der Waals surface area contributed by atoms with Crippen molar-refractivity contribution in [2.45, 2.75) is 58.7 Å². The number of allylic oxidation sites excluding steroid dienone is 1. The first-order chi connectivity index (χ1) is 18.0. The fourth-order valence-corrected chi connectivity index (χ4v) is 5.82. The van der Waals surface area contributed by atoms with E-state index in [1.807, 2.05) is 30.3 Å². The molecule has 8 heteroatoms. The molecule has 1 aromatic carbocycles. The summed E-state index contributed by atoms with van der Waals surface area (Å²) in [4.78, 5) is 29.0. The highest BCUT2D eigenvalue weighted by Gasteiger charge is 2.32. The molecule has 1 aliphatic carbocycles. The van der Waals surface area contributed by atoms with Crippen LogP contribution in [0, 0.1) is 12.8 Å². The summed E-state index contributed by atoms with van der Waals surface area (Å²) < 4.78 is 4.31. The fourth-order valence-electron chi connectivity index (χ4n) is 5.82. The largest absolute Gasteiger partial charge is 0.351 e. The van der Waals surface area contributed by atoms with Gasteiger partial charge in [-0.15, -0.1) is 0 Å². The molecule has 0 spiro atoms. The zero-order valence-electron chi connectivity index (χ0n) is 21.5. The number of anilines is 1. The topological polar surface area (TPSA) is 80.9 Å². The van der Waals surface area contributed by atoms with Crippen LogP contribution in [0.1, 0.15) is 49.7 Å². The van der Waals surface area contributed by atoms with E-state index in [-0.39, 0.29) is 17.9 Å². The minimum atomic E-state index is 0.0849. The Balaban J connectivity index is 1.10. The van der Waals surface area contributed by atoms with E-state index in [1.54, 1.807) is 6.20 Å². The van der Waals surface area contributed by atoms with E-state index < -0.39 is 0 Å². The molecule has 0 saturated heterocycles. The highest BCUT2D eigenvalue weighted by Crippen LogP contribution is 2.30. The number of aryl methyl sites for hydroxylation is 1. The Hall–Kier alpha value is -3.94. The fraction of sp³-hybridized carbons (Fsp3) is 0.379. The molecule has 6 rings (SSSR count). The van der Waals surface area contributed by atoms with E-state index >= 15 is 0 Å². The summed E-state index contributed by atoms with van der Waals surface area (Å²) in [6, 6.07) is 10.6. The Morgan fingerprint density at radius 3 is 2.73 bits per heavy atom. The van der Waals surface area contributed by atoms with Gasteiger partial charge in [-0.3, -0.25) is 4.79 Å². The second kappa shape index (κ2) is 9.50. The van der Waals surface area contributed by atoms with Crippen molar-refractivity contribution in [2.24, 2.45) is 5.92 Å². The van der Waals surface area contributed by atoms with Crippen molar-refractivity contribution in [3.8, 4) is 5.82 Å². The number of hydrogen-bond acceptors (Lipinski definition) is 5. The molecule has 0 atom stereocenters. The van der Waals surface area contributed by atoms with Crippen LogP contribution in [0.15, 0.2) is 55.5 Å². The number of carbonyl (C=O) groups is 1. The maximum Gasteiger partial charge on any atom is 0.226 e. The van der Waals surface area contributed by atoms with Gasteiger partial charge in [0.05, 0.1) is 12.1 Å². The van der Waals surface area contributed by atoms with E-state index in [9.17, 15) is 4.79 Å². The first-order valence-electron chi connectivity index (χ1n) is 13.1. The van der Waals surface area contributed by atoms with Crippen molar-refractivity contribution in [3.63, 3.8) is 0 Å². The summed E-state index contributed by atoms with van der Waals surface area (Å²) in [7, 11) is 0. The van der Waals surface area contributed by atoms with Gasteiger partial charge in [-0.25, -0.2) is 9.97 Å². The third kappa shape index (κ3) is 4.41. The molecular formula is C29H33N7O. The molecule has 2 aliphatic rings. The Kier molecular flexibility index (Phi) is 6.02. The average molecular weight is 496 g/mol. The second-order valence-corrected chi connectivity index (χ2v) is 10.4. The summed E-state index contributed by atoms with van der Waals surface area (Å²) in [5.74, 6) is 2.81. The molecule has 0 radical (unpaired) electrons. The van der Waals surface area contributed by atoms with Gasteiger partial charge < -0.3 is 19.4 Å². The van der Waals surface area contributed by atoms with Gasteiger partial charge in [0.15, 0.2) is 0 Å². The lowest BCUT2D eigenvalue weighted by Gasteiger charge is -2.34. The van der Waals surface area contributed by atoms with Crippen molar-refractivity contribution in [1.82, 2.24) is 29.0 Å². The van der Waals surface area contributed by atoms with E-state index in [0.29, 0.717) is 12.5 Å². The molecule has 1 aliphatic heterocycles. The average Bonchev–Trinajstić information content (AvgIpc) is 3.52. The third-order valence-corrected chi connectivity index (χ3v) is 7.87. The standard InChI is InChI=1S/C29H33N7O/c1-19(2)23-5-4-6-25-24(23)12-14-36(25)26-11-13-30-29(33-26)32-22-9-7-21(8-10-22)28(37)34-15-16-35-20(3)17-31-27(35)18-34/h4-6,11-14,17,21-22H,1,7-10,15-16,18H2,2-3H3,(H,30,32,33). The van der Waals surface area contributed by atoms with Crippen molar-refractivity contribution < 1.29 is 4.79 Å². The van der Waals surface area contributed by atoms with Crippen LogP contribution in [0.5, 0.6) is 0 Å². The lowest BCUT2D eigenvalue weighted by atomic mass is 9.85. The molecular weight excluding hydrogens is 462 g/mol. The molecule has 0 bridgehead atoms. The van der Waals surface area contributed by atoms with Crippen molar-refractivity contribution in [3.05, 3.63) is 72.6 Å². The minimum Gasteiger partial charge on any atom is -0.351 e. The smallest absolute Gasteiger partial charge is 0.226 e. The minimum absolute atomic E-state index is 0.0849. The normalized spacial score (nSPS) is 19.6. The number of amides is 1. The number of nitrogens with zero attached hydrogens (tertiary/aromatic N) is 6. The summed E-state index contributed by atoms with van der Waals surface area (Å²) in [5.41, 5.74) is 4.46. The Bertz CT molecular complexity index is 1470. The predicted molar refractivity (Wildman–Crippen MR) is 145 cm³/mol. The lowest BCUT2D eigenvalue weighted by Crippen LogP contribution is -2.43. The maximum absolute atomic E-state index is 13.2. The van der Waals surface area contributed by atoms with Crippen molar-refractivity contribution in [1.29, 1.82) is 0 Å². The van der Waals surface area contributed by atoms with E-state index in [4.69, 9.17) is 4.98 Å². The first kappa shape index (κ1) is 23.5. The SMILES string of the molecule is C=C(C)c1cccc2c1ccn2-c1ccnc(NC2CCC(C(=O)N3CCn4c(C)cnc4C3)CC2)n1. The highest BCUT2D eigenvalue weighted by molar-refractivity contribution is 5.92. The summed E-state index contributed by atoms with van der Waals surface area (Å²) in [6.07, 6.45) is 9.37. The quantitative estimate of drug-likeness (QED) is 0.423. The van der Waals surface area contributed by atoms with Crippen molar-refractivity contribution >= 4 is 28.3 Å². The van der Waals surface area contributed by atoms with Crippen LogP contribution >= 0.6 is 0 Å². The van der Waals surface area contributed by atoms with Gasteiger partial charge in [0.2, 0.25) is 11.9 Å². The van der Waals surface area contributed by atoms with Crippen LogP contribution in [0.4, 0.5) is 5.95 Å². The van der Waals surface area contributed by atoms with E-state index in [2.05, 4.69) is 62.2 Å². The van der Waals surface area contributed by atoms with Crippen LogP contribution in [0.25, 0.3) is 22.3 Å². The van der Waals surface area contributed by atoms with E-state index in [1.165, 1.54) is 11.1 Å². The monoisotopic (exact) mass is 495 g/mol. The molecule has 0 unspecified atom stereocenters. The number of imidazole rings is 1. The summed E-state index contributed by atoms with van der Waals surface area (Å²) in [5, 5.41) is 4.69. The number of nitrogens with one attached hydrogen (secondary N) is 1. The molecule has 4 heterocycles. The van der Waals surface area contributed by atoms with Crippen molar-refractivity contribution in [2.75, 3.05) is 11.9 Å². The van der Waals surface area contributed by atoms with Gasteiger partial charge in [-0.2, -0.15) is 4.98 Å². The number of hydrogen-bond donors (Lipinski definition) is 1. The van der Waals surface area contributed by atoms with Gasteiger partial charge >= 0.3 is 0 Å². The van der Waals surface area contributed by atoms with Gasteiger partial charge in [0.25, 0.3) is 0 Å². The zero-order chi connectivity index (χ0) is 25.5. The Labute approximate surface area is 217 Å². The number of fused-ring (bicyclic) bond motifs is 2. The Morgan fingerprint density at radius 2 is 1.92 bits per heavy atom. The number of carbonyl (C=O) groups excluding carboxylic acids is 1. The molecule has 190 valence electrons. The first-order valence-corrected chi connectivity index (χ1v) is 13.1. The van der Waals surface area contributed by atoms with Gasteiger partial charge in [0.1, 0.15) is 11.6 Å². The van der Waals surface area contributed by atoms with Gasteiger partial charge in [-0.1, -0.05) is 24.3 Å². The van der Waals surface area contributed by atoms with Gasteiger partial charge in [-0.05, 0) is 63.3 Å². The third-order valence-electron chi connectivity index (χ3n) is 7.87. The van der Waals surface area contributed by atoms with Crippen LogP contribution in [0.3, 0.4) is 0 Å². The highest BCUT2D eigenvalue weighted by atomic mass is 16.2.